The predicted octanol–water partition coefficient (Wildman–Crippen LogP) is 3.73. The highest BCUT2D eigenvalue weighted by molar-refractivity contribution is 7.71. The van der Waals surface area contributed by atoms with Crippen molar-refractivity contribution in [3.63, 3.8) is 0 Å². The normalized spacial score (nSPS) is 11.6. The molecule has 0 aliphatic rings. The third-order valence-electron chi connectivity index (χ3n) is 2.79. The molecule has 0 saturated heterocycles. The number of hydrogen-bond donors (Lipinski definition) is 1. The van der Waals surface area contributed by atoms with E-state index in [4.69, 9.17) is 17.0 Å². The summed E-state index contributed by atoms with van der Waals surface area (Å²) in [4.78, 5) is 3.10. The lowest BCUT2D eigenvalue weighted by atomic mass is 10.1. The van der Waals surface area contributed by atoms with E-state index in [0.29, 0.717) is 11.8 Å². The Hall–Kier alpha value is -0.610. The fourth-order valence-electron chi connectivity index (χ4n) is 1.69. The zero-order chi connectivity index (χ0) is 12.8. The van der Waals surface area contributed by atoms with Crippen molar-refractivity contribution in [2.24, 2.45) is 5.92 Å². The monoisotopic (exact) mass is 256 g/mol. The van der Waals surface area contributed by atoms with Gasteiger partial charge in [0.2, 0.25) is 0 Å². The molecule has 0 atom stereocenters. The summed E-state index contributed by atoms with van der Waals surface area (Å²) in [6, 6.07) is 0. The first-order valence-electron chi connectivity index (χ1n) is 6.38. The van der Waals surface area contributed by atoms with Gasteiger partial charge in [-0.15, -0.1) is 0 Å². The van der Waals surface area contributed by atoms with E-state index >= 15 is 0 Å². The summed E-state index contributed by atoms with van der Waals surface area (Å²) >= 11 is 5.26. The van der Waals surface area contributed by atoms with Gasteiger partial charge in [0.15, 0.2) is 4.77 Å². The lowest BCUT2D eigenvalue weighted by Gasteiger charge is -2.11. The Labute approximate surface area is 109 Å². The number of rotatable bonds is 7. The molecule has 0 aliphatic heterocycles. The molecule has 0 bridgehead atoms. The third-order valence-corrected chi connectivity index (χ3v) is 3.13. The molecule has 1 aromatic heterocycles. The Kier molecular flexibility index (Phi) is 5.92. The molecule has 0 amide bonds. The van der Waals surface area contributed by atoms with Crippen LogP contribution in [0.4, 0.5) is 0 Å². The van der Waals surface area contributed by atoms with Crippen molar-refractivity contribution in [2.75, 3.05) is 13.2 Å². The summed E-state index contributed by atoms with van der Waals surface area (Å²) < 4.78 is 8.55. The van der Waals surface area contributed by atoms with E-state index in [0.717, 1.165) is 31.0 Å². The SMILES string of the molecule is CC(C)CCOCCn1c(C(C)C)c[nH]c1=S. The van der Waals surface area contributed by atoms with Crippen molar-refractivity contribution in [1.82, 2.24) is 9.55 Å². The molecule has 4 heteroatoms. The van der Waals surface area contributed by atoms with Crippen molar-refractivity contribution in [2.45, 2.75) is 46.6 Å². The van der Waals surface area contributed by atoms with E-state index in [2.05, 4.69) is 37.2 Å². The zero-order valence-electron chi connectivity index (χ0n) is 11.3. The highest BCUT2D eigenvalue weighted by Gasteiger charge is 2.07. The molecule has 0 fully saturated rings. The fraction of sp³-hybridized carbons (Fsp3) is 0.769. The van der Waals surface area contributed by atoms with Gasteiger partial charge in [-0.05, 0) is 30.5 Å². The molecule has 1 N–H and O–H groups in total. The maximum absolute atomic E-state index is 5.63. The number of H-pyrrole nitrogens is 1. The summed E-state index contributed by atoms with van der Waals surface area (Å²) in [6.07, 6.45) is 3.12. The van der Waals surface area contributed by atoms with Crippen LogP contribution in [0.15, 0.2) is 6.20 Å². The van der Waals surface area contributed by atoms with E-state index in [-0.39, 0.29) is 0 Å². The second-order valence-corrected chi connectivity index (χ2v) is 5.51. The molecule has 0 unspecified atom stereocenters. The van der Waals surface area contributed by atoms with Crippen molar-refractivity contribution in [1.29, 1.82) is 0 Å². The van der Waals surface area contributed by atoms with Gasteiger partial charge in [0.05, 0.1) is 6.61 Å². The zero-order valence-corrected chi connectivity index (χ0v) is 12.1. The highest BCUT2D eigenvalue weighted by atomic mass is 32.1. The molecule has 0 radical (unpaired) electrons. The van der Waals surface area contributed by atoms with Gasteiger partial charge in [0.1, 0.15) is 0 Å². The summed E-state index contributed by atoms with van der Waals surface area (Å²) in [6.45, 7) is 11.2. The van der Waals surface area contributed by atoms with Gasteiger partial charge in [0.25, 0.3) is 0 Å². The van der Waals surface area contributed by atoms with E-state index in [1.54, 1.807) is 0 Å². The lowest BCUT2D eigenvalue weighted by Crippen LogP contribution is -2.11. The number of imidazole rings is 1. The van der Waals surface area contributed by atoms with Crippen LogP contribution in [-0.2, 0) is 11.3 Å². The molecule has 0 aliphatic carbocycles. The van der Waals surface area contributed by atoms with E-state index in [9.17, 15) is 0 Å². The molecule has 1 rings (SSSR count). The maximum Gasteiger partial charge on any atom is 0.177 e. The van der Waals surface area contributed by atoms with Crippen LogP contribution in [0.1, 0.15) is 45.7 Å². The van der Waals surface area contributed by atoms with Gasteiger partial charge in [-0.1, -0.05) is 27.7 Å². The third kappa shape index (κ3) is 4.64. The van der Waals surface area contributed by atoms with Gasteiger partial charge >= 0.3 is 0 Å². The summed E-state index contributed by atoms with van der Waals surface area (Å²) in [5, 5.41) is 0. The molecular formula is C13H24N2OS. The first kappa shape index (κ1) is 14.5. The van der Waals surface area contributed by atoms with Crippen LogP contribution in [-0.4, -0.2) is 22.8 Å². The summed E-state index contributed by atoms with van der Waals surface area (Å²) in [5.74, 6) is 1.19. The van der Waals surface area contributed by atoms with Crippen molar-refractivity contribution >= 4 is 12.2 Å². The van der Waals surface area contributed by atoms with Crippen LogP contribution in [0.5, 0.6) is 0 Å². The van der Waals surface area contributed by atoms with Crippen LogP contribution in [0.2, 0.25) is 0 Å². The molecule has 3 nitrogen and oxygen atoms in total. The quantitative estimate of drug-likeness (QED) is 0.595. The summed E-state index contributed by atoms with van der Waals surface area (Å²) in [5.41, 5.74) is 1.25. The van der Waals surface area contributed by atoms with Gasteiger partial charge < -0.3 is 14.3 Å². The fourth-order valence-corrected chi connectivity index (χ4v) is 1.95. The first-order chi connectivity index (χ1) is 8.02. The number of nitrogens with one attached hydrogen (secondary N) is 1. The Morgan fingerprint density at radius 2 is 2.00 bits per heavy atom. The van der Waals surface area contributed by atoms with Crippen LogP contribution >= 0.6 is 12.2 Å². The Morgan fingerprint density at radius 3 is 2.59 bits per heavy atom. The smallest absolute Gasteiger partial charge is 0.177 e. The molecule has 0 spiro atoms. The van der Waals surface area contributed by atoms with Gasteiger partial charge in [-0.25, -0.2) is 0 Å². The lowest BCUT2D eigenvalue weighted by molar-refractivity contribution is 0.115. The minimum atomic E-state index is 0.485. The summed E-state index contributed by atoms with van der Waals surface area (Å²) in [7, 11) is 0. The number of aromatic amines is 1. The molecule has 0 aromatic carbocycles. The first-order valence-corrected chi connectivity index (χ1v) is 6.79. The Balaban J connectivity index is 2.41. The minimum absolute atomic E-state index is 0.485. The van der Waals surface area contributed by atoms with Crippen LogP contribution in [0, 0.1) is 10.7 Å². The van der Waals surface area contributed by atoms with Crippen LogP contribution in [0.3, 0.4) is 0 Å². The van der Waals surface area contributed by atoms with Gasteiger partial charge in [-0.3, -0.25) is 0 Å². The van der Waals surface area contributed by atoms with E-state index in [1.807, 2.05) is 6.20 Å². The average Bonchev–Trinajstić information content (AvgIpc) is 2.59. The second-order valence-electron chi connectivity index (χ2n) is 5.12. The average molecular weight is 256 g/mol. The topological polar surface area (TPSA) is 29.9 Å². The predicted molar refractivity (Wildman–Crippen MR) is 74.0 cm³/mol. The van der Waals surface area contributed by atoms with Crippen molar-refractivity contribution in [3.8, 4) is 0 Å². The maximum atomic E-state index is 5.63. The molecular weight excluding hydrogens is 232 g/mol. The number of aromatic nitrogens is 2. The minimum Gasteiger partial charge on any atom is -0.380 e. The second kappa shape index (κ2) is 6.97. The number of hydrogen-bond acceptors (Lipinski definition) is 2. The van der Waals surface area contributed by atoms with E-state index < -0.39 is 0 Å². The largest absolute Gasteiger partial charge is 0.380 e. The Bertz CT molecular complexity index is 379. The van der Waals surface area contributed by atoms with E-state index in [1.165, 1.54) is 5.69 Å². The van der Waals surface area contributed by atoms with Crippen LogP contribution in [0.25, 0.3) is 0 Å². The Morgan fingerprint density at radius 1 is 1.29 bits per heavy atom. The molecule has 1 aromatic rings. The number of ether oxygens (including phenoxy) is 1. The standard InChI is InChI=1S/C13H24N2OS/c1-10(2)5-7-16-8-6-15-12(11(3)4)9-14-13(15)17/h9-11H,5-8H2,1-4H3,(H,14,17). The van der Waals surface area contributed by atoms with Gasteiger partial charge in [0, 0.05) is 25.0 Å². The van der Waals surface area contributed by atoms with Crippen LogP contribution < -0.4 is 0 Å². The molecule has 0 saturated carbocycles. The molecule has 98 valence electrons. The van der Waals surface area contributed by atoms with Crippen molar-refractivity contribution in [3.05, 3.63) is 16.7 Å². The molecule has 17 heavy (non-hydrogen) atoms. The molecule has 1 heterocycles. The highest BCUT2D eigenvalue weighted by Crippen LogP contribution is 2.14. The number of nitrogens with zero attached hydrogens (tertiary/aromatic N) is 1. The van der Waals surface area contributed by atoms with Gasteiger partial charge in [-0.2, -0.15) is 0 Å². The van der Waals surface area contributed by atoms with Crippen molar-refractivity contribution < 1.29 is 4.74 Å².